The molecule has 0 aromatic carbocycles. The molecule has 0 aliphatic carbocycles. The van der Waals surface area contributed by atoms with E-state index in [2.05, 4.69) is 22.1 Å². The van der Waals surface area contributed by atoms with Crippen molar-refractivity contribution in [3.05, 3.63) is 18.3 Å². The molecule has 1 unspecified atom stereocenters. The second-order valence-electron chi connectivity index (χ2n) is 5.34. The lowest BCUT2D eigenvalue weighted by Gasteiger charge is -2.34. The summed E-state index contributed by atoms with van der Waals surface area (Å²) in [5.74, 6) is 0.595. The maximum Gasteiger partial charge on any atom is 0.179 e. The average molecular weight is 297 g/mol. The van der Waals surface area contributed by atoms with Crippen molar-refractivity contribution in [1.82, 2.24) is 10.3 Å². The fourth-order valence-electron chi connectivity index (χ4n) is 2.59. The van der Waals surface area contributed by atoms with Crippen LogP contribution in [0.2, 0.25) is 0 Å². The molecule has 1 saturated heterocycles. The minimum Gasteiger partial charge on any atom is -0.354 e. The summed E-state index contributed by atoms with van der Waals surface area (Å²) in [6.07, 6.45) is 6.20. The third kappa shape index (κ3) is 3.70. The first-order chi connectivity index (χ1) is 9.52. The predicted molar refractivity (Wildman–Crippen MR) is 80.9 cm³/mol. The first-order valence-electron chi connectivity index (χ1n) is 7.15. The van der Waals surface area contributed by atoms with Gasteiger partial charge >= 0.3 is 0 Å². The van der Waals surface area contributed by atoms with E-state index in [0.717, 1.165) is 38.9 Å². The van der Waals surface area contributed by atoms with Crippen LogP contribution in [-0.4, -0.2) is 45.3 Å². The molecule has 1 atom stereocenters. The van der Waals surface area contributed by atoms with Crippen LogP contribution >= 0.6 is 0 Å². The summed E-state index contributed by atoms with van der Waals surface area (Å²) < 4.78 is 23.7. The van der Waals surface area contributed by atoms with Crippen LogP contribution in [0.1, 0.15) is 26.2 Å². The van der Waals surface area contributed by atoms with Crippen LogP contribution in [0, 0.1) is 0 Å². The SMILES string of the molecule is CCCNC1CCCN(c2ncccc2S(C)(=O)=O)C1. The normalized spacial score (nSPS) is 20.1. The lowest BCUT2D eigenvalue weighted by molar-refractivity contribution is 0.420. The van der Waals surface area contributed by atoms with Gasteiger partial charge in [-0.15, -0.1) is 0 Å². The highest BCUT2D eigenvalue weighted by Crippen LogP contribution is 2.25. The number of hydrogen-bond donors (Lipinski definition) is 1. The lowest BCUT2D eigenvalue weighted by atomic mass is 10.1. The molecule has 1 N–H and O–H groups in total. The summed E-state index contributed by atoms with van der Waals surface area (Å²) in [5, 5.41) is 3.51. The molecular weight excluding hydrogens is 274 g/mol. The summed E-state index contributed by atoms with van der Waals surface area (Å²) in [4.78, 5) is 6.72. The molecule has 2 rings (SSSR count). The molecule has 1 aliphatic heterocycles. The zero-order valence-corrected chi connectivity index (χ0v) is 13.0. The van der Waals surface area contributed by atoms with Crippen molar-refractivity contribution >= 4 is 15.7 Å². The highest BCUT2D eigenvalue weighted by Gasteiger charge is 2.24. The van der Waals surface area contributed by atoms with Crippen LogP contribution < -0.4 is 10.2 Å². The monoisotopic (exact) mass is 297 g/mol. The van der Waals surface area contributed by atoms with E-state index in [-0.39, 0.29) is 0 Å². The highest BCUT2D eigenvalue weighted by atomic mass is 32.2. The van der Waals surface area contributed by atoms with E-state index in [1.54, 1.807) is 18.3 Å². The van der Waals surface area contributed by atoms with Gasteiger partial charge in [-0.1, -0.05) is 6.92 Å². The van der Waals surface area contributed by atoms with Gasteiger partial charge in [-0.05, 0) is 37.9 Å². The second-order valence-corrected chi connectivity index (χ2v) is 7.32. The number of aromatic nitrogens is 1. The number of piperidine rings is 1. The number of hydrogen-bond acceptors (Lipinski definition) is 5. The Hall–Kier alpha value is -1.14. The first kappa shape index (κ1) is 15.3. The topological polar surface area (TPSA) is 62.3 Å². The van der Waals surface area contributed by atoms with Crippen molar-refractivity contribution < 1.29 is 8.42 Å². The van der Waals surface area contributed by atoms with Gasteiger partial charge in [0, 0.05) is 31.6 Å². The molecule has 5 nitrogen and oxygen atoms in total. The van der Waals surface area contributed by atoms with Gasteiger partial charge in [0.2, 0.25) is 0 Å². The number of sulfone groups is 1. The van der Waals surface area contributed by atoms with Gasteiger partial charge in [0.1, 0.15) is 10.7 Å². The Balaban J connectivity index is 2.19. The molecule has 112 valence electrons. The Morgan fingerprint density at radius 2 is 2.30 bits per heavy atom. The molecule has 0 radical (unpaired) electrons. The largest absolute Gasteiger partial charge is 0.354 e. The van der Waals surface area contributed by atoms with Gasteiger partial charge < -0.3 is 10.2 Å². The van der Waals surface area contributed by atoms with Crippen LogP contribution in [0.3, 0.4) is 0 Å². The fraction of sp³-hybridized carbons (Fsp3) is 0.643. The number of pyridine rings is 1. The third-order valence-electron chi connectivity index (χ3n) is 3.55. The average Bonchev–Trinajstić information content (AvgIpc) is 2.44. The van der Waals surface area contributed by atoms with Crippen LogP contribution in [0.5, 0.6) is 0 Å². The Morgan fingerprint density at radius 3 is 3.00 bits per heavy atom. The summed E-state index contributed by atoms with van der Waals surface area (Å²) >= 11 is 0. The zero-order valence-electron chi connectivity index (χ0n) is 12.2. The van der Waals surface area contributed by atoms with E-state index in [1.807, 2.05) is 0 Å². The third-order valence-corrected chi connectivity index (χ3v) is 4.67. The molecule has 2 heterocycles. The van der Waals surface area contributed by atoms with E-state index in [0.29, 0.717) is 16.8 Å². The van der Waals surface area contributed by atoms with Crippen molar-refractivity contribution in [3.63, 3.8) is 0 Å². The van der Waals surface area contributed by atoms with Gasteiger partial charge in [-0.3, -0.25) is 0 Å². The number of nitrogens with one attached hydrogen (secondary N) is 1. The van der Waals surface area contributed by atoms with Crippen molar-refractivity contribution in [1.29, 1.82) is 0 Å². The fourth-order valence-corrected chi connectivity index (χ4v) is 3.43. The van der Waals surface area contributed by atoms with Crippen LogP contribution in [0.15, 0.2) is 23.2 Å². The van der Waals surface area contributed by atoms with Gasteiger partial charge in [-0.2, -0.15) is 0 Å². The maximum atomic E-state index is 11.9. The summed E-state index contributed by atoms with van der Waals surface area (Å²) in [5.41, 5.74) is 0. The van der Waals surface area contributed by atoms with E-state index >= 15 is 0 Å². The van der Waals surface area contributed by atoms with Crippen molar-refractivity contribution in [3.8, 4) is 0 Å². The Labute approximate surface area is 121 Å². The van der Waals surface area contributed by atoms with E-state index in [4.69, 9.17) is 0 Å². The molecule has 0 amide bonds. The molecule has 1 aliphatic rings. The second kappa shape index (κ2) is 6.54. The summed E-state index contributed by atoms with van der Waals surface area (Å²) in [6, 6.07) is 3.73. The number of nitrogens with zero attached hydrogens (tertiary/aromatic N) is 2. The molecular formula is C14H23N3O2S. The molecule has 0 bridgehead atoms. The van der Waals surface area contributed by atoms with Gasteiger partial charge in [0.25, 0.3) is 0 Å². The molecule has 1 aromatic heterocycles. The predicted octanol–water partition coefficient (Wildman–Crippen LogP) is 1.45. The van der Waals surface area contributed by atoms with Crippen molar-refractivity contribution in [2.45, 2.75) is 37.1 Å². The maximum absolute atomic E-state index is 11.9. The summed E-state index contributed by atoms with van der Waals surface area (Å²) in [7, 11) is -3.24. The van der Waals surface area contributed by atoms with Gasteiger partial charge in [-0.25, -0.2) is 13.4 Å². The molecule has 1 fully saturated rings. The quantitative estimate of drug-likeness (QED) is 0.891. The number of anilines is 1. The van der Waals surface area contributed by atoms with Gasteiger partial charge in [0.05, 0.1) is 0 Å². The smallest absolute Gasteiger partial charge is 0.179 e. The molecule has 0 saturated carbocycles. The molecule has 6 heteroatoms. The van der Waals surface area contributed by atoms with Crippen molar-refractivity contribution in [2.75, 3.05) is 30.8 Å². The van der Waals surface area contributed by atoms with Crippen LogP contribution in [0.4, 0.5) is 5.82 Å². The number of rotatable bonds is 5. The molecule has 0 spiro atoms. The van der Waals surface area contributed by atoms with Gasteiger partial charge in [0.15, 0.2) is 9.84 Å². The van der Waals surface area contributed by atoms with E-state index < -0.39 is 9.84 Å². The highest BCUT2D eigenvalue weighted by molar-refractivity contribution is 7.90. The summed E-state index contributed by atoms with van der Waals surface area (Å²) in [6.45, 7) is 4.83. The molecule has 20 heavy (non-hydrogen) atoms. The first-order valence-corrected chi connectivity index (χ1v) is 9.05. The van der Waals surface area contributed by atoms with Crippen LogP contribution in [-0.2, 0) is 9.84 Å². The minimum atomic E-state index is -3.24. The van der Waals surface area contributed by atoms with Crippen molar-refractivity contribution in [2.24, 2.45) is 0 Å². The Bertz CT molecular complexity index is 545. The van der Waals surface area contributed by atoms with Crippen LogP contribution in [0.25, 0.3) is 0 Å². The zero-order chi connectivity index (χ0) is 14.6. The van der Waals surface area contributed by atoms with E-state index in [1.165, 1.54) is 6.26 Å². The Kier molecular flexibility index (Phi) is 4.99. The lowest BCUT2D eigenvalue weighted by Crippen LogP contribution is -2.46. The van der Waals surface area contributed by atoms with E-state index in [9.17, 15) is 8.42 Å². The minimum absolute atomic E-state index is 0.330. The Morgan fingerprint density at radius 1 is 1.50 bits per heavy atom. The standard InChI is InChI=1S/C14H23N3O2S/c1-3-8-15-12-6-5-10-17(11-12)14-13(20(2,18)19)7-4-9-16-14/h4,7,9,12,15H,3,5-6,8,10-11H2,1-2H3. The molecule has 1 aromatic rings.